The Balaban J connectivity index is 1.75. The lowest BCUT2D eigenvalue weighted by molar-refractivity contribution is -0.150. The van der Waals surface area contributed by atoms with Crippen LogP contribution in [0.1, 0.15) is 58.1 Å². The minimum absolute atomic E-state index is 0.0889. The smallest absolute Gasteiger partial charge is 0.407 e. The van der Waals surface area contributed by atoms with Gasteiger partial charge < -0.3 is 20.1 Å². The van der Waals surface area contributed by atoms with Crippen molar-refractivity contribution in [2.45, 2.75) is 58.5 Å². The first-order valence-corrected chi connectivity index (χ1v) is 11.7. The summed E-state index contributed by atoms with van der Waals surface area (Å²) in [5.74, 6) is -1.83. The number of hydrogen-bond acceptors (Lipinski definition) is 4. The zero-order chi connectivity index (χ0) is 25.0. The lowest BCUT2D eigenvalue weighted by Crippen LogP contribution is -2.58. The summed E-state index contributed by atoms with van der Waals surface area (Å²) >= 11 is 0. The van der Waals surface area contributed by atoms with Crippen molar-refractivity contribution in [2.75, 3.05) is 13.2 Å². The number of nitrogens with one attached hydrogen (secondary N) is 1. The molecule has 0 fully saturated rings. The molecule has 0 heterocycles. The Kier molecular flexibility index (Phi) is 7.64. The Morgan fingerprint density at radius 1 is 1.03 bits per heavy atom. The Morgan fingerprint density at radius 2 is 1.56 bits per heavy atom. The number of amides is 2. The fraction of sp³-hybridized carbons (Fsp3) is 0.444. The van der Waals surface area contributed by atoms with Gasteiger partial charge in [0.05, 0.1) is 0 Å². The largest absolute Gasteiger partial charge is 0.480 e. The minimum Gasteiger partial charge on any atom is -0.480 e. The van der Waals surface area contributed by atoms with Crippen LogP contribution in [0.2, 0.25) is 0 Å². The van der Waals surface area contributed by atoms with Crippen molar-refractivity contribution in [1.29, 1.82) is 0 Å². The number of fused-ring (bicyclic) bond motifs is 3. The highest BCUT2D eigenvalue weighted by atomic mass is 16.5. The Bertz CT molecular complexity index is 1010. The number of carbonyl (C=O) groups excluding carboxylic acids is 2. The number of carboxylic acid groups (broad SMARTS) is 1. The summed E-state index contributed by atoms with van der Waals surface area (Å²) < 4.78 is 5.62. The molecular formula is C27H34N2O5. The molecule has 0 saturated carbocycles. The highest BCUT2D eigenvalue weighted by molar-refractivity contribution is 5.89. The molecule has 3 rings (SSSR count). The molecule has 2 N–H and O–H groups in total. The number of aliphatic carboxylic acids is 1. The van der Waals surface area contributed by atoms with E-state index in [0.717, 1.165) is 22.3 Å². The van der Waals surface area contributed by atoms with Crippen LogP contribution in [0.3, 0.4) is 0 Å². The van der Waals surface area contributed by atoms with Gasteiger partial charge >= 0.3 is 12.1 Å². The van der Waals surface area contributed by atoms with Crippen LogP contribution in [-0.4, -0.2) is 52.7 Å². The molecule has 182 valence electrons. The number of rotatable bonds is 8. The van der Waals surface area contributed by atoms with E-state index >= 15 is 0 Å². The molecule has 0 spiro atoms. The van der Waals surface area contributed by atoms with Gasteiger partial charge in [0.1, 0.15) is 19.2 Å². The highest BCUT2D eigenvalue weighted by Gasteiger charge is 2.37. The predicted molar refractivity (Wildman–Crippen MR) is 131 cm³/mol. The summed E-state index contributed by atoms with van der Waals surface area (Å²) in [5, 5.41) is 12.0. The number of hydrogen-bond donors (Lipinski definition) is 2. The first-order chi connectivity index (χ1) is 16.0. The monoisotopic (exact) mass is 466 g/mol. The average Bonchev–Trinajstić information content (AvgIpc) is 3.11. The standard InChI is InChI=1S/C27H34N2O5/c1-6-17(2)24(25(32)29(15-23(30)31)27(3,4)5)28-26(33)34-16-22-20-13-9-7-11-18(20)19-12-8-10-14-21(19)22/h7-14,17,22,24H,6,15-16H2,1-5H3,(H,28,33)(H,30,31). The molecule has 0 bridgehead atoms. The van der Waals surface area contributed by atoms with Gasteiger partial charge in [-0.3, -0.25) is 9.59 Å². The third-order valence-corrected chi connectivity index (χ3v) is 6.47. The number of alkyl carbamates (subject to hydrolysis) is 1. The predicted octanol–water partition coefficient (Wildman–Crippen LogP) is 4.65. The van der Waals surface area contributed by atoms with Gasteiger partial charge in [-0.2, -0.15) is 0 Å². The fourth-order valence-corrected chi connectivity index (χ4v) is 4.40. The van der Waals surface area contributed by atoms with Crippen LogP contribution in [0.25, 0.3) is 11.1 Å². The molecule has 0 aromatic heterocycles. The lowest BCUT2D eigenvalue weighted by atomic mass is 9.95. The second-order valence-electron chi connectivity index (χ2n) is 9.82. The van der Waals surface area contributed by atoms with E-state index < -0.39 is 36.1 Å². The van der Waals surface area contributed by atoms with Crippen molar-refractivity contribution in [3.63, 3.8) is 0 Å². The summed E-state index contributed by atoms with van der Waals surface area (Å²) in [4.78, 5) is 38.9. The van der Waals surface area contributed by atoms with E-state index in [1.807, 2.05) is 50.2 Å². The second kappa shape index (κ2) is 10.3. The van der Waals surface area contributed by atoms with Crippen LogP contribution in [0.15, 0.2) is 48.5 Å². The molecule has 34 heavy (non-hydrogen) atoms. The van der Waals surface area contributed by atoms with Gasteiger partial charge in [-0.1, -0.05) is 68.8 Å². The van der Waals surface area contributed by atoms with Crippen LogP contribution < -0.4 is 5.32 Å². The molecule has 2 atom stereocenters. The summed E-state index contributed by atoms with van der Waals surface area (Å²) in [6.07, 6.45) is -0.0600. The average molecular weight is 467 g/mol. The summed E-state index contributed by atoms with van der Waals surface area (Å²) in [6, 6.07) is 15.2. The van der Waals surface area contributed by atoms with Gasteiger partial charge in [0.15, 0.2) is 0 Å². The SMILES string of the molecule is CCC(C)C(NC(=O)OCC1c2ccccc2-c2ccccc21)C(=O)N(CC(=O)O)C(C)(C)C. The first-order valence-electron chi connectivity index (χ1n) is 11.7. The van der Waals surface area contributed by atoms with Crippen LogP contribution in [0.5, 0.6) is 0 Å². The fourth-order valence-electron chi connectivity index (χ4n) is 4.40. The molecule has 1 aliphatic carbocycles. The van der Waals surface area contributed by atoms with Crippen LogP contribution >= 0.6 is 0 Å². The van der Waals surface area contributed by atoms with Gasteiger partial charge in [0.25, 0.3) is 0 Å². The maximum atomic E-state index is 13.3. The zero-order valence-corrected chi connectivity index (χ0v) is 20.5. The van der Waals surface area contributed by atoms with E-state index in [-0.39, 0.29) is 18.4 Å². The molecule has 2 aromatic rings. The van der Waals surface area contributed by atoms with Crippen molar-refractivity contribution in [3.8, 4) is 11.1 Å². The van der Waals surface area contributed by atoms with E-state index in [0.29, 0.717) is 6.42 Å². The van der Waals surface area contributed by atoms with E-state index in [1.54, 1.807) is 20.8 Å². The van der Waals surface area contributed by atoms with Crippen molar-refractivity contribution in [1.82, 2.24) is 10.2 Å². The van der Waals surface area contributed by atoms with Crippen LogP contribution in [-0.2, 0) is 14.3 Å². The topological polar surface area (TPSA) is 95.9 Å². The van der Waals surface area contributed by atoms with E-state index in [9.17, 15) is 19.5 Å². The maximum Gasteiger partial charge on any atom is 0.407 e. The van der Waals surface area contributed by atoms with Crippen molar-refractivity contribution < 1.29 is 24.2 Å². The molecule has 1 aliphatic rings. The van der Waals surface area contributed by atoms with E-state index in [4.69, 9.17) is 4.74 Å². The Labute approximate surface area is 201 Å². The van der Waals surface area contributed by atoms with Gasteiger partial charge in [0, 0.05) is 11.5 Å². The third-order valence-electron chi connectivity index (χ3n) is 6.47. The van der Waals surface area contributed by atoms with E-state index in [2.05, 4.69) is 17.4 Å². The normalized spacial score (nSPS) is 14.5. The van der Waals surface area contributed by atoms with E-state index in [1.165, 1.54) is 4.90 Å². The summed E-state index contributed by atoms with van der Waals surface area (Å²) in [7, 11) is 0. The maximum absolute atomic E-state index is 13.3. The minimum atomic E-state index is -1.10. The number of carbonyl (C=O) groups is 3. The summed E-state index contributed by atoms with van der Waals surface area (Å²) in [5.41, 5.74) is 3.76. The van der Waals surface area contributed by atoms with Gasteiger partial charge in [0.2, 0.25) is 5.91 Å². The Morgan fingerprint density at radius 3 is 2.03 bits per heavy atom. The molecule has 7 nitrogen and oxygen atoms in total. The van der Waals surface area contributed by atoms with Gasteiger partial charge in [-0.05, 0) is 48.9 Å². The van der Waals surface area contributed by atoms with Crippen molar-refractivity contribution in [3.05, 3.63) is 59.7 Å². The molecule has 0 saturated heterocycles. The molecule has 2 amide bonds. The second-order valence-corrected chi connectivity index (χ2v) is 9.82. The summed E-state index contributed by atoms with van der Waals surface area (Å²) in [6.45, 7) is 8.79. The van der Waals surface area contributed by atoms with Crippen LogP contribution in [0.4, 0.5) is 4.79 Å². The number of ether oxygens (including phenoxy) is 1. The molecule has 2 unspecified atom stereocenters. The lowest BCUT2D eigenvalue weighted by Gasteiger charge is -2.38. The third kappa shape index (κ3) is 5.41. The molecule has 7 heteroatoms. The van der Waals surface area contributed by atoms with Crippen LogP contribution in [0, 0.1) is 5.92 Å². The quantitative estimate of drug-likeness (QED) is 0.590. The molecular weight excluding hydrogens is 432 g/mol. The zero-order valence-electron chi connectivity index (χ0n) is 20.5. The van der Waals surface area contributed by atoms with Crippen molar-refractivity contribution >= 4 is 18.0 Å². The number of nitrogens with zero attached hydrogens (tertiary/aromatic N) is 1. The highest BCUT2D eigenvalue weighted by Crippen LogP contribution is 2.44. The number of benzene rings is 2. The molecule has 0 aliphatic heterocycles. The first kappa shape index (κ1) is 25.3. The van der Waals surface area contributed by atoms with Gasteiger partial charge in [-0.25, -0.2) is 4.79 Å². The molecule has 2 aromatic carbocycles. The van der Waals surface area contributed by atoms with Crippen molar-refractivity contribution in [2.24, 2.45) is 5.92 Å². The Hall–Kier alpha value is -3.35. The molecule has 0 radical (unpaired) electrons. The van der Waals surface area contributed by atoms with Gasteiger partial charge in [-0.15, -0.1) is 0 Å². The number of carboxylic acids is 1.